The Kier molecular flexibility index (Phi) is 1.96. The van der Waals surface area contributed by atoms with E-state index in [2.05, 4.69) is 19.9 Å². The zero-order valence-electron chi connectivity index (χ0n) is 5.96. The summed E-state index contributed by atoms with van der Waals surface area (Å²) in [5, 5.41) is 0. The average Bonchev–Trinajstić information content (AvgIpc) is 2.34. The fourth-order valence-corrected chi connectivity index (χ4v) is 0.860. The molecule has 0 spiro atoms. The zero-order valence-corrected chi connectivity index (χ0v) is 6.96. The van der Waals surface area contributed by atoms with E-state index in [1.54, 1.807) is 0 Å². The van der Waals surface area contributed by atoms with Crippen LogP contribution in [-0.4, -0.2) is 30.9 Å². The lowest BCUT2D eigenvalue weighted by Gasteiger charge is -1.89. The predicted molar refractivity (Wildman–Crippen MR) is 44.7 cm³/mol. The molecule has 0 amide bonds. The first-order valence-corrected chi connectivity index (χ1v) is 2.96. The molecule has 0 aliphatic heterocycles. The van der Waals surface area contributed by atoms with Crippen LogP contribution in [0.5, 0.6) is 0 Å². The van der Waals surface area contributed by atoms with E-state index in [1.165, 1.54) is 6.33 Å². The number of nitrogens with one attached hydrogen (secondary N) is 2. The van der Waals surface area contributed by atoms with Gasteiger partial charge in [-0.15, -0.1) is 0 Å². The van der Waals surface area contributed by atoms with Crippen LogP contribution in [0.25, 0.3) is 11.2 Å². The van der Waals surface area contributed by atoms with Gasteiger partial charge in [-0.3, -0.25) is 9.78 Å². The number of aromatic amines is 2. The highest BCUT2D eigenvalue weighted by atomic mass is 28.1. The summed E-state index contributed by atoms with van der Waals surface area (Å²) in [6.07, 6.45) is 1.40. The van der Waals surface area contributed by atoms with Gasteiger partial charge in [-0.1, -0.05) is 0 Å². The molecule has 2 rings (SSSR count). The fraction of sp³-hybridized carbons (Fsp3) is 0. The molecule has 0 aromatic carbocycles. The molecule has 12 heavy (non-hydrogen) atoms. The molecule has 4 radical (unpaired) electrons. The van der Waals surface area contributed by atoms with Crippen molar-refractivity contribution in [3.8, 4) is 0 Å². The smallest absolute Gasteiger partial charge is 0.278 e. The summed E-state index contributed by atoms with van der Waals surface area (Å²) < 4.78 is 0. The monoisotopic (exact) mass is 179 g/mol. The maximum Gasteiger partial charge on any atom is 0.278 e. The van der Waals surface area contributed by atoms with E-state index < -0.39 is 0 Å². The number of nitrogens with zero attached hydrogens (tertiary/aromatic N) is 2. The molecular weight excluding hydrogens is 174 g/mol. The van der Waals surface area contributed by atoms with E-state index in [4.69, 9.17) is 5.73 Å². The molecule has 0 bridgehead atoms. The van der Waals surface area contributed by atoms with E-state index in [9.17, 15) is 4.79 Å². The Bertz CT molecular complexity index is 446. The van der Waals surface area contributed by atoms with Crippen molar-refractivity contribution in [1.82, 2.24) is 19.9 Å². The third-order valence-electron chi connectivity index (χ3n) is 1.31. The van der Waals surface area contributed by atoms with Crippen molar-refractivity contribution in [3.63, 3.8) is 0 Å². The number of aromatic nitrogens is 4. The second kappa shape index (κ2) is 2.78. The van der Waals surface area contributed by atoms with Crippen molar-refractivity contribution in [1.29, 1.82) is 0 Å². The first-order chi connectivity index (χ1) is 5.27. The van der Waals surface area contributed by atoms with E-state index in [0.29, 0.717) is 11.2 Å². The van der Waals surface area contributed by atoms with Crippen LogP contribution in [0.15, 0.2) is 11.1 Å². The number of hydrogen-bond acceptors (Lipinski definition) is 4. The van der Waals surface area contributed by atoms with Crippen LogP contribution < -0.4 is 11.3 Å². The summed E-state index contributed by atoms with van der Waals surface area (Å²) in [4.78, 5) is 23.5. The molecule has 0 atom stereocenters. The Hall–Kier alpha value is -1.63. The molecule has 0 aliphatic carbocycles. The number of rotatable bonds is 0. The highest BCUT2D eigenvalue weighted by Gasteiger charge is 2.01. The number of H-pyrrole nitrogens is 2. The maximum atomic E-state index is 11.0. The quantitative estimate of drug-likeness (QED) is 0.444. The Balaban J connectivity index is 0.000000720. The van der Waals surface area contributed by atoms with Gasteiger partial charge in [-0.2, -0.15) is 4.98 Å². The van der Waals surface area contributed by atoms with Gasteiger partial charge in [-0.05, 0) is 0 Å². The number of nitrogen functional groups attached to an aromatic ring is 1. The van der Waals surface area contributed by atoms with E-state index in [1.807, 2.05) is 0 Å². The molecule has 7 heteroatoms. The molecule has 2 heterocycles. The summed E-state index contributed by atoms with van der Waals surface area (Å²) >= 11 is 0. The number of hydrogen-bond donors (Lipinski definition) is 3. The van der Waals surface area contributed by atoms with Crippen molar-refractivity contribution >= 4 is 28.1 Å². The normalized spacial score (nSPS) is 9.67. The fourth-order valence-electron chi connectivity index (χ4n) is 0.860. The largest absolute Gasteiger partial charge is 0.369 e. The lowest BCUT2D eigenvalue weighted by Crippen LogP contribution is -2.10. The van der Waals surface area contributed by atoms with E-state index >= 15 is 0 Å². The highest BCUT2D eigenvalue weighted by Crippen LogP contribution is 1.98. The summed E-state index contributed by atoms with van der Waals surface area (Å²) in [5.74, 6) is 0.0783. The lowest BCUT2D eigenvalue weighted by molar-refractivity contribution is 1.17. The Morgan fingerprint density at radius 1 is 1.50 bits per heavy atom. The van der Waals surface area contributed by atoms with Crippen LogP contribution >= 0.6 is 0 Å². The summed E-state index contributed by atoms with van der Waals surface area (Å²) in [6, 6.07) is 0. The van der Waals surface area contributed by atoms with Crippen LogP contribution in [0.2, 0.25) is 0 Å². The van der Waals surface area contributed by atoms with Crippen LogP contribution in [0.4, 0.5) is 5.95 Å². The van der Waals surface area contributed by atoms with Gasteiger partial charge >= 0.3 is 0 Å². The van der Waals surface area contributed by atoms with E-state index in [0.717, 1.165) is 0 Å². The highest BCUT2D eigenvalue weighted by molar-refractivity contribution is 5.75. The molecule has 0 unspecified atom stereocenters. The third kappa shape index (κ3) is 1.09. The van der Waals surface area contributed by atoms with Gasteiger partial charge in [0.1, 0.15) is 0 Å². The van der Waals surface area contributed by atoms with Crippen molar-refractivity contribution in [3.05, 3.63) is 16.7 Å². The molecule has 4 N–H and O–H groups in total. The second-order valence-electron chi connectivity index (χ2n) is 2.05. The molecule has 0 saturated heterocycles. The summed E-state index contributed by atoms with van der Waals surface area (Å²) in [6.45, 7) is 0. The van der Waals surface area contributed by atoms with Gasteiger partial charge in [0.05, 0.1) is 6.33 Å². The molecule has 0 fully saturated rings. The van der Waals surface area contributed by atoms with Crippen LogP contribution in [0.3, 0.4) is 0 Å². The predicted octanol–water partition coefficient (Wildman–Crippen LogP) is -1.15. The molecule has 60 valence electrons. The second-order valence-corrected chi connectivity index (χ2v) is 2.05. The van der Waals surface area contributed by atoms with Gasteiger partial charge in [0.25, 0.3) is 5.56 Å². The number of anilines is 1. The van der Waals surface area contributed by atoms with Gasteiger partial charge in [0.2, 0.25) is 5.95 Å². The molecule has 2 aromatic heterocycles. The first kappa shape index (κ1) is 8.46. The lowest BCUT2D eigenvalue weighted by atomic mass is 10.5. The van der Waals surface area contributed by atoms with Crippen LogP contribution in [-0.2, 0) is 0 Å². The minimum atomic E-state index is -0.301. The van der Waals surface area contributed by atoms with Gasteiger partial charge in [0, 0.05) is 11.0 Å². The van der Waals surface area contributed by atoms with Crippen molar-refractivity contribution in [2.45, 2.75) is 0 Å². The average molecular weight is 179 g/mol. The van der Waals surface area contributed by atoms with Crippen molar-refractivity contribution < 1.29 is 0 Å². The van der Waals surface area contributed by atoms with Gasteiger partial charge in [-0.25, -0.2) is 4.98 Å². The summed E-state index contributed by atoms with van der Waals surface area (Å²) in [5.41, 5.74) is 5.65. The standard InChI is InChI=1S/C5H5N5O.Si/c6-5-9-3-2(4(11)10-5)7-1-8-3;/h1H,(H4,6,7,8,9,10,11);. The third-order valence-corrected chi connectivity index (χ3v) is 1.31. The zero-order chi connectivity index (χ0) is 7.84. The van der Waals surface area contributed by atoms with Crippen molar-refractivity contribution in [2.75, 3.05) is 5.73 Å². The Morgan fingerprint density at radius 2 is 2.25 bits per heavy atom. The molecule has 0 aliphatic rings. The molecule has 2 aromatic rings. The van der Waals surface area contributed by atoms with Crippen LogP contribution in [0, 0.1) is 0 Å². The topological polar surface area (TPSA) is 100 Å². The number of imidazole rings is 1. The first-order valence-electron chi connectivity index (χ1n) is 2.96. The van der Waals surface area contributed by atoms with E-state index in [-0.39, 0.29) is 22.5 Å². The molecule has 6 nitrogen and oxygen atoms in total. The Labute approximate surface area is 71.3 Å². The maximum absolute atomic E-state index is 11.0. The summed E-state index contributed by atoms with van der Waals surface area (Å²) in [7, 11) is 0. The molecular formula is C5H5N5OSi. The van der Waals surface area contributed by atoms with Gasteiger partial charge in [0.15, 0.2) is 11.2 Å². The van der Waals surface area contributed by atoms with Crippen LogP contribution in [0.1, 0.15) is 0 Å². The Morgan fingerprint density at radius 3 is 3.00 bits per heavy atom. The van der Waals surface area contributed by atoms with Gasteiger partial charge < -0.3 is 10.7 Å². The van der Waals surface area contributed by atoms with Crippen molar-refractivity contribution in [2.24, 2.45) is 0 Å². The number of fused-ring (bicyclic) bond motifs is 1. The SMILES string of the molecule is Nc1nc2nc[nH]c2c(=O)[nH]1.[Si]. The molecule has 0 saturated carbocycles. The number of nitrogens with two attached hydrogens (primary N) is 1. The minimum absolute atomic E-state index is 0. The minimum Gasteiger partial charge on any atom is -0.369 e.